The highest BCUT2D eigenvalue weighted by Gasteiger charge is 2.15. The molecule has 19 heavy (non-hydrogen) atoms. The van der Waals surface area contributed by atoms with Gasteiger partial charge in [0, 0.05) is 12.6 Å². The van der Waals surface area contributed by atoms with Crippen LogP contribution in [0.4, 0.5) is 5.82 Å². The third-order valence-corrected chi connectivity index (χ3v) is 4.19. The van der Waals surface area contributed by atoms with Crippen molar-refractivity contribution in [1.82, 2.24) is 15.1 Å². The van der Waals surface area contributed by atoms with Gasteiger partial charge in [0.05, 0.1) is 0 Å². The van der Waals surface area contributed by atoms with Crippen molar-refractivity contribution in [2.45, 2.75) is 46.1 Å². The number of nitrogens with zero attached hydrogens (tertiary/aromatic N) is 3. The summed E-state index contributed by atoms with van der Waals surface area (Å²) in [5.74, 6) is 0.853. The molecule has 0 spiro atoms. The average molecular weight is 283 g/mol. The van der Waals surface area contributed by atoms with Crippen molar-refractivity contribution < 1.29 is 0 Å². The Kier molecular flexibility index (Phi) is 4.99. The van der Waals surface area contributed by atoms with Crippen LogP contribution >= 0.6 is 11.6 Å². The number of aromatic nitrogens is 2. The molecule has 2 rings (SSSR count). The van der Waals surface area contributed by atoms with Gasteiger partial charge in [0.1, 0.15) is 0 Å². The van der Waals surface area contributed by atoms with Crippen molar-refractivity contribution in [3.8, 4) is 0 Å². The van der Waals surface area contributed by atoms with Crippen molar-refractivity contribution in [3.05, 3.63) is 16.3 Å². The van der Waals surface area contributed by atoms with Crippen molar-refractivity contribution >= 4 is 17.4 Å². The van der Waals surface area contributed by atoms with E-state index >= 15 is 0 Å². The summed E-state index contributed by atoms with van der Waals surface area (Å²) in [6.45, 7) is 9.70. The fraction of sp³-hybridized carbons (Fsp3) is 0.714. The molecule has 1 N–H and O–H groups in total. The first-order chi connectivity index (χ1) is 9.08. The Morgan fingerprint density at radius 2 is 1.84 bits per heavy atom. The molecule has 2 heterocycles. The molecule has 1 aliphatic rings. The van der Waals surface area contributed by atoms with Gasteiger partial charge in [-0.05, 0) is 57.8 Å². The van der Waals surface area contributed by atoms with E-state index in [1.165, 1.54) is 32.4 Å². The number of rotatable bonds is 4. The molecule has 0 saturated carbocycles. The van der Waals surface area contributed by atoms with Gasteiger partial charge in [0.15, 0.2) is 11.0 Å². The summed E-state index contributed by atoms with van der Waals surface area (Å²) in [5, 5.41) is 12.1. The van der Waals surface area contributed by atoms with Crippen molar-refractivity contribution in [3.63, 3.8) is 0 Å². The maximum absolute atomic E-state index is 5.97. The smallest absolute Gasteiger partial charge is 0.155 e. The first-order valence-electron chi connectivity index (χ1n) is 7.06. The zero-order valence-electron chi connectivity index (χ0n) is 12.0. The normalized spacial score (nSPS) is 18.3. The topological polar surface area (TPSA) is 41.1 Å². The van der Waals surface area contributed by atoms with E-state index in [0.29, 0.717) is 11.2 Å². The Morgan fingerprint density at radius 3 is 2.53 bits per heavy atom. The molecule has 1 saturated heterocycles. The Bertz CT molecular complexity index is 430. The van der Waals surface area contributed by atoms with Crippen LogP contribution in [-0.4, -0.2) is 40.8 Å². The van der Waals surface area contributed by atoms with E-state index in [0.717, 1.165) is 23.5 Å². The number of piperidine rings is 1. The lowest BCUT2D eigenvalue weighted by Gasteiger charge is -2.29. The van der Waals surface area contributed by atoms with Crippen LogP contribution in [0.5, 0.6) is 0 Å². The minimum absolute atomic E-state index is 0.367. The van der Waals surface area contributed by atoms with Gasteiger partial charge in [-0.2, -0.15) is 0 Å². The molecule has 5 heteroatoms. The maximum atomic E-state index is 5.97. The van der Waals surface area contributed by atoms with E-state index in [1.807, 2.05) is 13.8 Å². The van der Waals surface area contributed by atoms with Crippen LogP contribution in [0.1, 0.15) is 37.3 Å². The summed E-state index contributed by atoms with van der Waals surface area (Å²) >= 11 is 5.97. The lowest BCUT2D eigenvalue weighted by molar-refractivity contribution is 0.223. The third kappa shape index (κ3) is 3.80. The van der Waals surface area contributed by atoms with E-state index in [2.05, 4.69) is 27.3 Å². The largest absolute Gasteiger partial charge is 0.365 e. The molecule has 0 bridgehead atoms. The van der Waals surface area contributed by atoms with E-state index < -0.39 is 0 Å². The molecule has 1 unspecified atom stereocenters. The predicted octanol–water partition coefficient (Wildman–Crippen LogP) is 3.03. The average Bonchev–Trinajstić information content (AvgIpc) is 2.41. The van der Waals surface area contributed by atoms with E-state index in [4.69, 9.17) is 11.6 Å². The number of hydrogen-bond donors (Lipinski definition) is 1. The van der Waals surface area contributed by atoms with Crippen LogP contribution in [0.2, 0.25) is 5.15 Å². The van der Waals surface area contributed by atoms with Crippen LogP contribution in [0.25, 0.3) is 0 Å². The van der Waals surface area contributed by atoms with Crippen molar-refractivity contribution in [2.24, 2.45) is 0 Å². The molecule has 1 fully saturated rings. The number of halogens is 1. The quantitative estimate of drug-likeness (QED) is 0.922. The van der Waals surface area contributed by atoms with Crippen molar-refractivity contribution in [2.75, 3.05) is 25.0 Å². The fourth-order valence-electron chi connectivity index (χ4n) is 2.52. The molecule has 1 atom stereocenters. The van der Waals surface area contributed by atoms with Crippen LogP contribution in [0.15, 0.2) is 0 Å². The molecular formula is C14H23ClN4. The molecule has 4 nitrogen and oxygen atoms in total. The molecule has 0 aromatic carbocycles. The third-order valence-electron chi connectivity index (χ3n) is 3.83. The lowest BCUT2D eigenvalue weighted by Crippen LogP contribution is -2.38. The standard InChI is InChI=1S/C14H23ClN4/c1-10(9-19-7-5-4-6-8-19)16-14-12(3)11(2)13(15)17-18-14/h10H,4-9H2,1-3H3,(H,16,18). The summed E-state index contributed by atoms with van der Waals surface area (Å²) in [7, 11) is 0. The van der Waals surface area contributed by atoms with Crippen LogP contribution < -0.4 is 5.32 Å². The van der Waals surface area contributed by atoms with Gasteiger partial charge in [-0.3, -0.25) is 0 Å². The zero-order chi connectivity index (χ0) is 13.8. The molecule has 1 aliphatic heterocycles. The number of likely N-dealkylation sites (tertiary alicyclic amines) is 1. The van der Waals surface area contributed by atoms with Crippen LogP contribution in [-0.2, 0) is 0 Å². The fourth-order valence-corrected chi connectivity index (χ4v) is 2.70. The monoisotopic (exact) mass is 282 g/mol. The molecule has 0 amide bonds. The molecule has 1 aromatic rings. The Hall–Kier alpha value is -0.870. The predicted molar refractivity (Wildman–Crippen MR) is 79.9 cm³/mol. The molecule has 0 aliphatic carbocycles. The zero-order valence-corrected chi connectivity index (χ0v) is 12.8. The van der Waals surface area contributed by atoms with E-state index in [9.17, 15) is 0 Å². The Labute approximate surface area is 120 Å². The SMILES string of the molecule is Cc1c(Cl)nnc(NC(C)CN2CCCCC2)c1C. The first-order valence-corrected chi connectivity index (χ1v) is 7.44. The van der Waals surface area contributed by atoms with Gasteiger partial charge >= 0.3 is 0 Å². The van der Waals surface area contributed by atoms with Gasteiger partial charge in [0.2, 0.25) is 0 Å². The van der Waals surface area contributed by atoms with Crippen LogP contribution in [0, 0.1) is 13.8 Å². The summed E-state index contributed by atoms with van der Waals surface area (Å²) in [6, 6.07) is 0.367. The van der Waals surface area contributed by atoms with E-state index in [-0.39, 0.29) is 0 Å². The summed E-state index contributed by atoms with van der Waals surface area (Å²) in [5.41, 5.74) is 2.09. The van der Waals surface area contributed by atoms with Gasteiger partial charge in [-0.15, -0.1) is 10.2 Å². The van der Waals surface area contributed by atoms with Crippen molar-refractivity contribution in [1.29, 1.82) is 0 Å². The van der Waals surface area contributed by atoms with Gasteiger partial charge in [0.25, 0.3) is 0 Å². The lowest BCUT2D eigenvalue weighted by atomic mass is 10.1. The second kappa shape index (κ2) is 6.53. The van der Waals surface area contributed by atoms with Gasteiger partial charge in [-0.25, -0.2) is 0 Å². The first kappa shape index (κ1) is 14.5. The number of nitrogens with one attached hydrogen (secondary N) is 1. The summed E-state index contributed by atoms with van der Waals surface area (Å²) in [6.07, 6.45) is 4.02. The van der Waals surface area contributed by atoms with Crippen LogP contribution in [0.3, 0.4) is 0 Å². The Balaban J connectivity index is 1.94. The molecule has 1 aromatic heterocycles. The Morgan fingerprint density at radius 1 is 1.16 bits per heavy atom. The molecular weight excluding hydrogens is 260 g/mol. The highest BCUT2D eigenvalue weighted by Crippen LogP contribution is 2.21. The second-order valence-electron chi connectivity index (χ2n) is 5.50. The van der Waals surface area contributed by atoms with Gasteiger partial charge < -0.3 is 10.2 Å². The van der Waals surface area contributed by atoms with Gasteiger partial charge in [-0.1, -0.05) is 18.0 Å². The highest BCUT2D eigenvalue weighted by molar-refractivity contribution is 6.30. The summed E-state index contributed by atoms with van der Waals surface area (Å²) < 4.78 is 0. The highest BCUT2D eigenvalue weighted by atomic mass is 35.5. The minimum Gasteiger partial charge on any atom is -0.365 e. The summed E-state index contributed by atoms with van der Waals surface area (Å²) in [4.78, 5) is 2.52. The van der Waals surface area contributed by atoms with E-state index in [1.54, 1.807) is 0 Å². The minimum atomic E-state index is 0.367. The number of hydrogen-bond acceptors (Lipinski definition) is 4. The molecule has 106 valence electrons. The molecule has 0 radical (unpaired) electrons. The number of anilines is 1. The second-order valence-corrected chi connectivity index (χ2v) is 5.85. The maximum Gasteiger partial charge on any atom is 0.155 e.